The Kier molecular flexibility index (Phi) is 3.95. The monoisotopic (exact) mass is 342 g/mol. The molecule has 2 aromatic rings. The van der Waals surface area contributed by atoms with Crippen LogP contribution in [0.15, 0.2) is 34.9 Å². The van der Waals surface area contributed by atoms with E-state index in [1.807, 2.05) is 30.3 Å². The number of carbonyl (C=O) groups is 1. The van der Waals surface area contributed by atoms with E-state index in [-0.39, 0.29) is 24.4 Å². The summed E-state index contributed by atoms with van der Waals surface area (Å²) in [4.78, 5) is 21.1. The Labute approximate surface area is 146 Å². The van der Waals surface area contributed by atoms with Crippen LogP contribution in [0, 0.1) is 6.92 Å². The predicted octanol–water partition coefficient (Wildman–Crippen LogP) is 1.47. The number of hydrogen-bond donors (Lipinski definition) is 1. The van der Waals surface area contributed by atoms with Crippen LogP contribution < -0.4 is 4.90 Å². The first kappa shape index (κ1) is 16.1. The summed E-state index contributed by atoms with van der Waals surface area (Å²) in [7, 11) is 0. The molecule has 2 fully saturated rings. The molecule has 1 aromatic heterocycles. The Balaban J connectivity index is 1.50. The summed E-state index contributed by atoms with van der Waals surface area (Å²) in [5, 5.41) is 14.6. The number of aryl methyl sites for hydroxylation is 1. The zero-order valence-corrected chi connectivity index (χ0v) is 14.3. The molecule has 0 unspecified atom stereocenters. The lowest BCUT2D eigenvalue weighted by Gasteiger charge is -2.29. The predicted molar refractivity (Wildman–Crippen MR) is 90.9 cm³/mol. The number of amides is 1. The van der Waals surface area contributed by atoms with E-state index >= 15 is 0 Å². The van der Waals surface area contributed by atoms with Gasteiger partial charge in [-0.25, -0.2) is 0 Å². The van der Waals surface area contributed by atoms with Crippen molar-refractivity contribution in [3.63, 3.8) is 0 Å². The van der Waals surface area contributed by atoms with Crippen LogP contribution in [0.1, 0.15) is 31.0 Å². The summed E-state index contributed by atoms with van der Waals surface area (Å²) >= 11 is 0. The number of β-amino-alcohol motifs (C(OH)–C–C–N with tert-alkyl or cyclic N) is 1. The first-order valence-electron chi connectivity index (χ1n) is 8.70. The van der Waals surface area contributed by atoms with Crippen molar-refractivity contribution in [2.24, 2.45) is 0 Å². The molecule has 132 valence electrons. The van der Waals surface area contributed by atoms with Crippen molar-refractivity contribution >= 4 is 11.6 Å². The van der Waals surface area contributed by atoms with Crippen LogP contribution in [0.25, 0.3) is 0 Å². The average Bonchev–Trinajstić information content (AvgIpc) is 3.35. The molecule has 7 nitrogen and oxygen atoms in total. The number of aliphatic hydroxyl groups is 1. The second-order valence-electron chi connectivity index (χ2n) is 6.88. The minimum absolute atomic E-state index is 0.0634. The first-order chi connectivity index (χ1) is 12.1. The van der Waals surface area contributed by atoms with E-state index in [4.69, 9.17) is 4.52 Å². The van der Waals surface area contributed by atoms with Crippen molar-refractivity contribution in [1.29, 1.82) is 0 Å². The lowest BCUT2D eigenvalue weighted by molar-refractivity contribution is -0.132. The lowest BCUT2D eigenvalue weighted by atomic mass is 10.0. The fraction of sp³-hybridized carbons (Fsp3) is 0.500. The summed E-state index contributed by atoms with van der Waals surface area (Å²) in [6, 6.07) is 9.85. The molecule has 1 N–H and O–H groups in total. The van der Waals surface area contributed by atoms with E-state index < -0.39 is 5.60 Å². The minimum atomic E-state index is -1.24. The number of para-hydroxylation sites is 1. The third-order valence-corrected chi connectivity index (χ3v) is 5.11. The van der Waals surface area contributed by atoms with Gasteiger partial charge >= 0.3 is 0 Å². The zero-order valence-electron chi connectivity index (χ0n) is 14.3. The Bertz CT molecular complexity index is 763. The highest BCUT2D eigenvalue weighted by Gasteiger charge is 2.46. The van der Waals surface area contributed by atoms with Crippen molar-refractivity contribution in [2.75, 3.05) is 24.5 Å². The molecule has 0 bridgehead atoms. The summed E-state index contributed by atoms with van der Waals surface area (Å²) in [5.74, 6) is 0.749. The maximum atomic E-state index is 13.1. The molecule has 2 saturated heterocycles. The van der Waals surface area contributed by atoms with Crippen LogP contribution >= 0.6 is 0 Å². The summed E-state index contributed by atoms with van der Waals surface area (Å²) in [6.07, 6.45) is 2.24. The normalized spacial score (nSPS) is 26.4. The Morgan fingerprint density at radius 2 is 2.12 bits per heavy atom. The van der Waals surface area contributed by atoms with Gasteiger partial charge in [0, 0.05) is 25.2 Å². The molecule has 25 heavy (non-hydrogen) atoms. The maximum Gasteiger partial charge on any atom is 0.260 e. The molecule has 2 atom stereocenters. The number of rotatable bonds is 3. The molecule has 0 saturated carbocycles. The average molecular weight is 342 g/mol. The number of benzene rings is 1. The third kappa shape index (κ3) is 2.89. The van der Waals surface area contributed by atoms with Crippen LogP contribution in [0.2, 0.25) is 0 Å². The minimum Gasteiger partial charge on any atom is -0.378 e. The van der Waals surface area contributed by atoms with Gasteiger partial charge in [0.05, 0.1) is 6.54 Å². The molecule has 0 spiro atoms. The molecular weight excluding hydrogens is 320 g/mol. The summed E-state index contributed by atoms with van der Waals surface area (Å²) in [5.41, 5.74) is -0.173. The highest BCUT2D eigenvalue weighted by atomic mass is 16.5. The molecular formula is C18H22N4O3. The lowest BCUT2D eigenvalue weighted by Crippen LogP contribution is -2.46. The van der Waals surface area contributed by atoms with Gasteiger partial charge in [-0.15, -0.1) is 0 Å². The highest BCUT2D eigenvalue weighted by Crippen LogP contribution is 2.33. The van der Waals surface area contributed by atoms with Gasteiger partial charge in [-0.2, -0.15) is 4.98 Å². The van der Waals surface area contributed by atoms with Gasteiger partial charge in [0.2, 0.25) is 5.91 Å². The van der Waals surface area contributed by atoms with E-state index in [0.29, 0.717) is 18.8 Å². The number of nitrogens with zero attached hydrogens (tertiary/aromatic N) is 4. The second kappa shape index (κ2) is 6.15. The standard InChI is InChI=1S/C18H22N4O3/c1-13-19-17(25-20-13)18(24)9-11-21(12-18)16(23)15-8-5-10-22(15)14-6-3-2-4-7-14/h2-4,6-7,15,24H,5,8-12H2,1H3/t15-,18-/m0/s1. The maximum absolute atomic E-state index is 13.1. The number of aromatic nitrogens is 2. The van der Waals surface area contributed by atoms with Crippen LogP contribution in [0.5, 0.6) is 0 Å². The summed E-state index contributed by atoms with van der Waals surface area (Å²) in [6.45, 7) is 3.29. The van der Waals surface area contributed by atoms with Crippen LogP contribution in [-0.2, 0) is 10.4 Å². The number of hydrogen-bond acceptors (Lipinski definition) is 6. The van der Waals surface area contributed by atoms with Gasteiger partial charge in [-0.05, 0) is 31.9 Å². The number of carbonyl (C=O) groups excluding carboxylic acids is 1. The quantitative estimate of drug-likeness (QED) is 0.909. The van der Waals surface area contributed by atoms with Crippen LogP contribution in [-0.4, -0.2) is 51.7 Å². The Hall–Kier alpha value is -2.41. The molecule has 2 aliphatic rings. The van der Waals surface area contributed by atoms with Crippen molar-refractivity contribution in [2.45, 2.75) is 37.8 Å². The van der Waals surface area contributed by atoms with Crippen LogP contribution in [0.4, 0.5) is 5.69 Å². The van der Waals surface area contributed by atoms with E-state index in [2.05, 4.69) is 15.0 Å². The number of anilines is 1. The largest absolute Gasteiger partial charge is 0.378 e. The van der Waals surface area contributed by atoms with Crippen molar-refractivity contribution in [3.05, 3.63) is 42.0 Å². The molecule has 0 aliphatic carbocycles. The van der Waals surface area contributed by atoms with Gasteiger partial charge in [-0.1, -0.05) is 23.4 Å². The molecule has 7 heteroatoms. The Morgan fingerprint density at radius 3 is 2.84 bits per heavy atom. The van der Waals surface area contributed by atoms with E-state index in [9.17, 15) is 9.90 Å². The topological polar surface area (TPSA) is 82.7 Å². The van der Waals surface area contributed by atoms with Gasteiger partial charge in [0.25, 0.3) is 5.89 Å². The highest BCUT2D eigenvalue weighted by molar-refractivity contribution is 5.86. The van der Waals surface area contributed by atoms with E-state index in [0.717, 1.165) is 25.1 Å². The fourth-order valence-electron chi connectivity index (χ4n) is 3.81. The first-order valence-corrected chi connectivity index (χ1v) is 8.70. The summed E-state index contributed by atoms with van der Waals surface area (Å²) < 4.78 is 5.14. The van der Waals surface area contributed by atoms with Crippen molar-refractivity contribution in [3.8, 4) is 0 Å². The van der Waals surface area contributed by atoms with Crippen molar-refractivity contribution in [1.82, 2.24) is 15.0 Å². The van der Waals surface area contributed by atoms with Crippen LogP contribution in [0.3, 0.4) is 0 Å². The van der Waals surface area contributed by atoms with E-state index in [1.54, 1.807) is 11.8 Å². The van der Waals surface area contributed by atoms with Gasteiger partial charge in [0.15, 0.2) is 11.4 Å². The van der Waals surface area contributed by atoms with Gasteiger partial charge in [-0.3, -0.25) is 4.79 Å². The second-order valence-corrected chi connectivity index (χ2v) is 6.88. The van der Waals surface area contributed by atoms with Crippen molar-refractivity contribution < 1.29 is 14.4 Å². The SMILES string of the molecule is Cc1noc([C@]2(O)CCN(C(=O)[C@@H]3CCCN3c3ccccc3)C2)n1. The molecule has 1 aromatic carbocycles. The molecule has 0 radical (unpaired) electrons. The van der Waals surface area contributed by atoms with E-state index in [1.165, 1.54) is 0 Å². The molecule has 1 amide bonds. The smallest absolute Gasteiger partial charge is 0.260 e. The third-order valence-electron chi connectivity index (χ3n) is 5.11. The van der Waals surface area contributed by atoms with Gasteiger partial charge < -0.3 is 19.4 Å². The Morgan fingerprint density at radius 1 is 1.32 bits per heavy atom. The zero-order chi connectivity index (χ0) is 17.4. The number of likely N-dealkylation sites (tertiary alicyclic amines) is 1. The van der Waals surface area contributed by atoms with Gasteiger partial charge in [0.1, 0.15) is 6.04 Å². The fourth-order valence-corrected chi connectivity index (χ4v) is 3.81. The molecule has 4 rings (SSSR count). The molecule has 3 heterocycles. The molecule has 2 aliphatic heterocycles.